The third kappa shape index (κ3) is 4.64. The van der Waals surface area contributed by atoms with E-state index in [-0.39, 0.29) is 11.6 Å². The lowest BCUT2D eigenvalue weighted by atomic mass is 10.1. The predicted molar refractivity (Wildman–Crippen MR) is 114 cm³/mol. The molecule has 1 aliphatic rings. The fourth-order valence-corrected chi connectivity index (χ4v) is 3.55. The molecule has 1 N–H and O–H groups in total. The van der Waals surface area contributed by atoms with Crippen LogP contribution < -0.4 is 20.3 Å². The van der Waals surface area contributed by atoms with E-state index in [1.165, 1.54) is 37.1 Å². The molecule has 8 nitrogen and oxygen atoms in total. The van der Waals surface area contributed by atoms with E-state index in [1.54, 1.807) is 19.2 Å². The van der Waals surface area contributed by atoms with Gasteiger partial charge in [0, 0.05) is 31.9 Å². The summed E-state index contributed by atoms with van der Waals surface area (Å²) in [4.78, 5) is 40.0. The van der Waals surface area contributed by atoms with Gasteiger partial charge in [-0.1, -0.05) is 12.8 Å². The van der Waals surface area contributed by atoms with Crippen LogP contribution >= 0.6 is 0 Å². The van der Waals surface area contributed by atoms with Gasteiger partial charge in [0.25, 0.3) is 17.4 Å². The lowest BCUT2D eigenvalue weighted by Gasteiger charge is -2.21. The lowest BCUT2D eigenvalue weighted by Crippen LogP contribution is -2.33. The number of nitrogens with zero attached hydrogens (tertiary/aromatic N) is 2. The van der Waals surface area contributed by atoms with Crippen LogP contribution in [0.4, 0.5) is 5.69 Å². The number of carbonyl (C=O) groups excluding carboxylic acids is 2. The molecule has 1 saturated heterocycles. The van der Waals surface area contributed by atoms with Gasteiger partial charge in [-0.25, -0.2) is 0 Å². The monoisotopic (exact) mass is 413 g/mol. The first-order valence-corrected chi connectivity index (χ1v) is 9.98. The summed E-state index contributed by atoms with van der Waals surface area (Å²) in [5.74, 6) is 0.291. The molecule has 1 aliphatic heterocycles. The molecule has 1 aromatic carbocycles. The molecule has 0 saturated carbocycles. The molecule has 2 aromatic rings. The molecule has 0 bridgehead atoms. The molecule has 3 rings (SSSR count). The maximum absolute atomic E-state index is 12.9. The Morgan fingerprint density at radius 3 is 2.23 bits per heavy atom. The van der Waals surface area contributed by atoms with Gasteiger partial charge < -0.3 is 24.3 Å². The minimum Gasteiger partial charge on any atom is -0.493 e. The first kappa shape index (κ1) is 21.4. The maximum atomic E-state index is 12.9. The third-order valence-electron chi connectivity index (χ3n) is 5.22. The van der Waals surface area contributed by atoms with Crippen LogP contribution in [0.2, 0.25) is 0 Å². The van der Waals surface area contributed by atoms with Crippen molar-refractivity contribution in [2.75, 3.05) is 32.6 Å². The number of ether oxygens (including phenoxy) is 2. The van der Waals surface area contributed by atoms with Crippen LogP contribution in [-0.2, 0) is 7.05 Å². The molecule has 2 amide bonds. The van der Waals surface area contributed by atoms with Crippen molar-refractivity contribution in [3.05, 3.63) is 51.9 Å². The summed E-state index contributed by atoms with van der Waals surface area (Å²) in [5.41, 5.74) is 0.342. The number of hydrogen-bond donors (Lipinski definition) is 1. The number of rotatable bonds is 5. The first-order chi connectivity index (χ1) is 14.4. The fraction of sp³-hybridized carbons (Fsp3) is 0.409. The summed E-state index contributed by atoms with van der Waals surface area (Å²) in [7, 11) is 4.55. The van der Waals surface area contributed by atoms with E-state index in [4.69, 9.17) is 9.47 Å². The standard InChI is InChI=1S/C22H27N3O5/c1-24-14-16(21(27)25-10-6-4-5-7-11-25)12-17(22(24)28)23-20(26)15-8-9-18(29-2)19(13-15)30-3/h8-9,12-14H,4-7,10-11H2,1-3H3,(H,23,26). The molecule has 2 heterocycles. The molecule has 0 atom stereocenters. The van der Waals surface area contributed by atoms with E-state index in [0.717, 1.165) is 25.7 Å². The van der Waals surface area contributed by atoms with Gasteiger partial charge in [0.05, 0.1) is 19.8 Å². The highest BCUT2D eigenvalue weighted by Gasteiger charge is 2.20. The van der Waals surface area contributed by atoms with Gasteiger partial charge in [-0.3, -0.25) is 14.4 Å². The van der Waals surface area contributed by atoms with Crippen molar-refractivity contribution < 1.29 is 19.1 Å². The number of methoxy groups -OCH3 is 2. The number of aryl methyl sites for hydroxylation is 1. The van der Waals surface area contributed by atoms with E-state index in [0.29, 0.717) is 35.7 Å². The molecule has 1 fully saturated rings. The zero-order chi connectivity index (χ0) is 21.7. The van der Waals surface area contributed by atoms with Gasteiger partial charge in [0.15, 0.2) is 11.5 Å². The number of aromatic nitrogens is 1. The molecule has 0 aliphatic carbocycles. The van der Waals surface area contributed by atoms with Crippen molar-refractivity contribution in [3.63, 3.8) is 0 Å². The van der Waals surface area contributed by atoms with Crippen LogP contribution in [0.5, 0.6) is 11.5 Å². The Hall–Kier alpha value is -3.29. The molecule has 8 heteroatoms. The Bertz CT molecular complexity index is 991. The summed E-state index contributed by atoms with van der Waals surface area (Å²) in [5, 5.41) is 2.63. The van der Waals surface area contributed by atoms with Crippen molar-refractivity contribution in [2.45, 2.75) is 25.7 Å². The highest BCUT2D eigenvalue weighted by atomic mass is 16.5. The summed E-state index contributed by atoms with van der Waals surface area (Å²) in [6.45, 7) is 1.41. The van der Waals surface area contributed by atoms with E-state index < -0.39 is 11.5 Å². The molecule has 1 aromatic heterocycles. The minimum absolute atomic E-state index is 0.0537. The Morgan fingerprint density at radius 1 is 0.933 bits per heavy atom. The van der Waals surface area contributed by atoms with E-state index in [9.17, 15) is 14.4 Å². The second-order valence-electron chi connectivity index (χ2n) is 7.29. The second kappa shape index (κ2) is 9.47. The highest BCUT2D eigenvalue weighted by molar-refractivity contribution is 6.05. The average molecular weight is 413 g/mol. The first-order valence-electron chi connectivity index (χ1n) is 9.98. The van der Waals surface area contributed by atoms with Gasteiger partial charge >= 0.3 is 0 Å². The highest BCUT2D eigenvalue weighted by Crippen LogP contribution is 2.27. The van der Waals surface area contributed by atoms with Gasteiger partial charge in [0.2, 0.25) is 0 Å². The van der Waals surface area contributed by atoms with Crippen molar-refractivity contribution >= 4 is 17.5 Å². The molecular weight excluding hydrogens is 386 g/mol. The molecule has 0 unspecified atom stereocenters. The predicted octanol–water partition coefficient (Wildman–Crippen LogP) is 2.67. The fourth-order valence-electron chi connectivity index (χ4n) is 3.55. The van der Waals surface area contributed by atoms with Crippen LogP contribution in [-0.4, -0.2) is 48.6 Å². The van der Waals surface area contributed by atoms with E-state index in [1.807, 2.05) is 4.90 Å². The van der Waals surface area contributed by atoms with E-state index in [2.05, 4.69) is 5.32 Å². The van der Waals surface area contributed by atoms with Crippen molar-refractivity contribution in [1.82, 2.24) is 9.47 Å². The van der Waals surface area contributed by atoms with Crippen molar-refractivity contribution in [3.8, 4) is 11.5 Å². The summed E-state index contributed by atoms with van der Waals surface area (Å²) >= 11 is 0. The second-order valence-corrected chi connectivity index (χ2v) is 7.29. The molecule has 0 radical (unpaired) electrons. The summed E-state index contributed by atoms with van der Waals surface area (Å²) < 4.78 is 11.7. The molecule has 160 valence electrons. The van der Waals surface area contributed by atoms with E-state index >= 15 is 0 Å². The lowest BCUT2D eigenvalue weighted by molar-refractivity contribution is 0.0760. The van der Waals surface area contributed by atoms with Gasteiger partial charge in [-0.05, 0) is 37.1 Å². The number of pyridine rings is 1. The van der Waals surface area contributed by atoms with Gasteiger partial charge in [-0.15, -0.1) is 0 Å². The van der Waals surface area contributed by atoms with Crippen molar-refractivity contribution in [2.24, 2.45) is 7.05 Å². The number of benzene rings is 1. The Morgan fingerprint density at radius 2 is 1.60 bits per heavy atom. The molecule has 0 spiro atoms. The van der Waals surface area contributed by atoms with Gasteiger partial charge in [-0.2, -0.15) is 0 Å². The zero-order valence-electron chi connectivity index (χ0n) is 17.6. The zero-order valence-corrected chi connectivity index (χ0v) is 17.6. The van der Waals surface area contributed by atoms with Crippen LogP contribution in [0.3, 0.4) is 0 Å². The topological polar surface area (TPSA) is 89.9 Å². The van der Waals surface area contributed by atoms with Crippen LogP contribution in [0.1, 0.15) is 46.4 Å². The van der Waals surface area contributed by atoms with Crippen LogP contribution in [0, 0.1) is 0 Å². The third-order valence-corrected chi connectivity index (χ3v) is 5.22. The Kier molecular flexibility index (Phi) is 6.76. The summed E-state index contributed by atoms with van der Waals surface area (Å²) in [6, 6.07) is 6.18. The number of likely N-dealkylation sites (tertiary alicyclic amines) is 1. The largest absolute Gasteiger partial charge is 0.493 e. The SMILES string of the molecule is COc1ccc(C(=O)Nc2cc(C(=O)N3CCCCCC3)cn(C)c2=O)cc1OC. The Balaban J connectivity index is 1.86. The maximum Gasteiger partial charge on any atom is 0.274 e. The Labute approximate surface area is 175 Å². The smallest absolute Gasteiger partial charge is 0.274 e. The van der Waals surface area contributed by atoms with Gasteiger partial charge in [0.1, 0.15) is 5.69 Å². The normalized spacial score (nSPS) is 14.0. The number of anilines is 1. The molecular formula is C22H27N3O5. The number of nitrogens with one attached hydrogen (secondary N) is 1. The van der Waals surface area contributed by atoms with Crippen LogP contribution in [0.15, 0.2) is 35.3 Å². The van der Waals surface area contributed by atoms with Crippen LogP contribution in [0.25, 0.3) is 0 Å². The summed E-state index contributed by atoms with van der Waals surface area (Å²) in [6.07, 6.45) is 5.69. The average Bonchev–Trinajstić information content (AvgIpc) is 3.05. The number of amides is 2. The minimum atomic E-state index is -0.479. The molecule has 30 heavy (non-hydrogen) atoms. The quantitative estimate of drug-likeness (QED) is 0.814. The van der Waals surface area contributed by atoms with Crippen molar-refractivity contribution in [1.29, 1.82) is 0 Å². The number of carbonyl (C=O) groups is 2. The number of hydrogen-bond acceptors (Lipinski definition) is 5.